The highest BCUT2D eigenvalue weighted by Crippen LogP contribution is 2.56. The average Bonchev–Trinajstić information content (AvgIpc) is 2.20. The first-order valence-electron chi connectivity index (χ1n) is 6.77. The van der Waals surface area contributed by atoms with E-state index in [1.165, 1.54) is 32.1 Å². The van der Waals surface area contributed by atoms with E-state index in [1.807, 2.05) is 0 Å². The molecule has 2 aliphatic rings. The van der Waals surface area contributed by atoms with Crippen LogP contribution < -0.4 is 5.14 Å². The molecule has 2 rings (SSSR count). The molecule has 0 spiro atoms. The maximum absolute atomic E-state index is 5.87. The van der Waals surface area contributed by atoms with E-state index in [4.69, 9.17) is 5.14 Å². The monoisotopic (exact) mass is 253 g/mol. The molecule has 0 aromatic heterocycles. The van der Waals surface area contributed by atoms with Gasteiger partial charge in [-0.1, -0.05) is 50.8 Å². The maximum atomic E-state index is 5.87. The van der Waals surface area contributed by atoms with Gasteiger partial charge in [0.1, 0.15) is 0 Å². The Morgan fingerprint density at radius 1 is 0.882 bits per heavy atom. The van der Waals surface area contributed by atoms with Crippen molar-refractivity contribution in [1.82, 2.24) is 0 Å². The topological polar surface area (TPSA) is 26.0 Å². The summed E-state index contributed by atoms with van der Waals surface area (Å²) in [5.74, 6) is 0. The third-order valence-electron chi connectivity index (χ3n) is 5.47. The molecule has 1 atom stereocenters. The molecule has 0 saturated carbocycles. The van der Waals surface area contributed by atoms with Gasteiger partial charge in [0.15, 0.2) is 0 Å². The predicted molar refractivity (Wildman–Crippen MR) is 77.9 cm³/mol. The second-order valence-electron chi connectivity index (χ2n) is 7.57. The summed E-state index contributed by atoms with van der Waals surface area (Å²) in [6.07, 6.45) is 6.30. The zero-order chi connectivity index (χ0) is 12.9. The highest BCUT2D eigenvalue weighted by Gasteiger charge is 2.44. The number of nitrogens with two attached hydrogens (primary N) is 1. The lowest BCUT2D eigenvalue weighted by Crippen LogP contribution is -2.40. The molecule has 2 aliphatic carbocycles. The van der Waals surface area contributed by atoms with Gasteiger partial charge in [0.2, 0.25) is 0 Å². The molecule has 2 N–H and O–H groups in total. The van der Waals surface area contributed by atoms with E-state index in [9.17, 15) is 0 Å². The molecule has 0 unspecified atom stereocenters. The Kier molecular flexibility index (Phi) is 3.19. The van der Waals surface area contributed by atoms with E-state index in [0.29, 0.717) is 10.8 Å². The maximum Gasteiger partial charge on any atom is 0.0314 e. The van der Waals surface area contributed by atoms with Crippen molar-refractivity contribution in [3.63, 3.8) is 0 Å². The van der Waals surface area contributed by atoms with Crippen LogP contribution in [-0.2, 0) is 0 Å². The molecular formula is C15H27NS. The van der Waals surface area contributed by atoms with Gasteiger partial charge < -0.3 is 0 Å². The van der Waals surface area contributed by atoms with Crippen LogP contribution in [0.15, 0.2) is 11.1 Å². The summed E-state index contributed by atoms with van der Waals surface area (Å²) in [7, 11) is 0. The van der Waals surface area contributed by atoms with Crippen molar-refractivity contribution in [1.29, 1.82) is 0 Å². The standard InChI is InChI=1S/C15H27NS/c1-13(2)8-11-6-7-15(5,17-16)10-12(11)9-14(13,3)4/h6-10,16H2,1-5H3/t15-/m1/s1. The fourth-order valence-electron chi connectivity index (χ4n) is 3.30. The van der Waals surface area contributed by atoms with Gasteiger partial charge in [-0.05, 0) is 49.9 Å². The van der Waals surface area contributed by atoms with Crippen molar-refractivity contribution < 1.29 is 0 Å². The quantitative estimate of drug-likeness (QED) is 0.542. The van der Waals surface area contributed by atoms with E-state index < -0.39 is 0 Å². The van der Waals surface area contributed by atoms with Crippen molar-refractivity contribution in [2.24, 2.45) is 16.0 Å². The van der Waals surface area contributed by atoms with E-state index in [1.54, 1.807) is 23.1 Å². The van der Waals surface area contributed by atoms with Gasteiger partial charge >= 0.3 is 0 Å². The lowest BCUT2D eigenvalue weighted by molar-refractivity contribution is 0.0899. The molecule has 0 bridgehead atoms. The van der Waals surface area contributed by atoms with E-state index in [-0.39, 0.29) is 4.75 Å². The van der Waals surface area contributed by atoms with Crippen LogP contribution >= 0.6 is 11.9 Å². The van der Waals surface area contributed by atoms with Crippen LogP contribution in [0.3, 0.4) is 0 Å². The van der Waals surface area contributed by atoms with Gasteiger partial charge in [-0.15, -0.1) is 0 Å². The Bertz CT molecular complexity index is 354. The minimum atomic E-state index is 0.288. The fourth-order valence-corrected chi connectivity index (χ4v) is 3.78. The Labute approximate surface area is 111 Å². The van der Waals surface area contributed by atoms with Crippen molar-refractivity contribution in [3.8, 4) is 0 Å². The van der Waals surface area contributed by atoms with Crippen LogP contribution in [0, 0.1) is 10.8 Å². The molecule has 0 amide bonds. The molecule has 2 heteroatoms. The first kappa shape index (κ1) is 13.5. The Morgan fingerprint density at radius 2 is 1.41 bits per heavy atom. The number of allylic oxidation sites excluding steroid dienone is 2. The Hall–Kier alpha value is 0.0500. The summed E-state index contributed by atoms with van der Waals surface area (Å²) in [5, 5.41) is 5.87. The lowest BCUT2D eigenvalue weighted by atomic mass is 9.56. The van der Waals surface area contributed by atoms with E-state index in [0.717, 1.165) is 0 Å². The summed E-state index contributed by atoms with van der Waals surface area (Å²) in [6.45, 7) is 12.1. The molecule has 98 valence electrons. The van der Waals surface area contributed by atoms with Gasteiger partial charge in [0.05, 0.1) is 0 Å². The average molecular weight is 253 g/mol. The molecule has 17 heavy (non-hydrogen) atoms. The van der Waals surface area contributed by atoms with Crippen molar-refractivity contribution in [3.05, 3.63) is 11.1 Å². The van der Waals surface area contributed by atoms with Crippen LogP contribution in [0.2, 0.25) is 0 Å². The number of hydrogen-bond donors (Lipinski definition) is 1. The van der Waals surface area contributed by atoms with Crippen LogP contribution in [0.5, 0.6) is 0 Å². The second kappa shape index (κ2) is 4.03. The molecule has 1 nitrogen and oxygen atoms in total. The van der Waals surface area contributed by atoms with Crippen LogP contribution in [0.4, 0.5) is 0 Å². The molecular weight excluding hydrogens is 226 g/mol. The van der Waals surface area contributed by atoms with Gasteiger partial charge in [-0.3, -0.25) is 5.14 Å². The minimum absolute atomic E-state index is 0.288. The number of rotatable bonds is 1. The number of hydrogen-bond acceptors (Lipinski definition) is 2. The summed E-state index contributed by atoms with van der Waals surface area (Å²) >= 11 is 1.57. The molecule has 0 fully saturated rings. The largest absolute Gasteiger partial charge is 0.277 e. The van der Waals surface area contributed by atoms with Gasteiger partial charge in [0, 0.05) is 4.75 Å². The fraction of sp³-hybridized carbons (Fsp3) is 0.867. The van der Waals surface area contributed by atoms with Crippen LogP contribution in [0.1, 0.15) is 66.7 Å². The minimum Gasteiger partial charge on any atom is -0.277 e. The molecule has 0 aromatic carbocycles. The van der Waals surface area contributed by atoms with Gasteiger partial charge in [0.25, 0.3) is 0 Å². The first-order chi connectivity index (χ1) is 7.69. The Balaban J connectivity index is 2.28. The lowest BCUT2D eigenvalue weighted by Gasteiger charge is -2.50. The molecule has 0 aliphatic heterocycles. The highest BCUT2D eigenvalue weighted by molar-refractivity contribution is 7.98. The molecule has 0 aromatic rings. The van der Waals surface area contributed by atoms with Crippen molar-refractivity contribution in [2.75, 3.05) is 0 Å². The molecule has 0 radical (unpaired) electrons. The third kappa shape index (κ3) is 2.31. The summed E-state index contributed by atoms with van der Waals surface area (Å²) in [5.41, 5.74) is 4.33. The van der Waals surface area contributed by atoms with Crippen LogP contribution in [-0.4, -0.2) is 4.75 Å². The van der Waals surface area contributed by atoms with Crippen molar-refractivity contribution in [2.45, 2.75) is 71.5 Å². The highest BCUT2D eigenvalue weighted by atomic mass is 32.2. The molecule has 0 heterocycles. The second-order valence-corrected chi connectivity index (χ2v) is 8.79. The van der Waals surface area contributed by atoms with Gasteiger partial charge in [-0.25, -0.2) is 0 Å². The summed E-state index contributed by atoms with van der Waals surface area (Å²) in [6, 6.07) is 0. The van der Waals surface area contributed by atoms with Crippen molar-refractivity contribution >= 4 is 11.9 Å². The van der Waals surface area contributed by atoms with Gasteiger partial charge in [-0.2, -0.15) is 0 Å². The SMILES string of the molecule is CC1(C)CC2=C(CC1(C)C)C[C@](C)(SN)CC2. The zero-order valence-corrected chi connectivity index (χ0v) is 12.8. The smallest absolute Gasteiger partial charge is 0.0314 e. The summed E-state index contributed by atoms with van der Waals surface area (Å²) in [4.78, 5) is 0. The Morgan fingerprint density at radius 3 is 1.94 bits per heavy atom. The third-order valence-corrected chi connectivity index (χ3v) is 6.39. The summed E-state index contributed by atoms with van der Waals surface area (Å²) < 4.78 is 0.288. The molecule has 0 saturated heterocycles. The van der Waals surface area contributed by atoms with E-state index >= 15 is 0 Å². The van der Waals surface area contributed by atoms with Crippen LogP contribution in [0.25, 0.3) is 0 Å². The zero-order valence-electron chi connectivity index (χ0n) is 12.0. The predicted octanol–water partition coefficient (Wildman–Crippen LogP) is 4.68. The van der Waals surface area contributed by atoms with E-state index in [2.05, 4.69) is 34.6 Å². The first-order valence-corrected chi connectivity index (χ1v) is 7.65. The normalized spacial score (nSPS) is 35.6.